The van der Waals surface area contributed by atoms with E-state index in [1.807, 2.05) is 27.9 Å². The highest BCUT2D eigenvalue weighted by Crippen LogP contribution is 2.23. The minimum atomic E-state index is -4.93. The molecule has 0 bridgehead atoms. The molecular formula is C15H18F3IN2O3. The lowest BCUT2D eigenvalue weighted by Gasteiger charge is -2.19. The second kappa shape index (κ2) is 8.04. The van der Waals surface area contributed by atoms with Gasteiger partial charge in [0, 0.05) is 10.1 Å². The van der Waals surface area contributed by atoms with E-state index in [0.717, 1.165) is 5.56 Å². The Kier molecular flexibility index (Phi) is 6.87. The summed E-state index contributed by atoms with van der Waals surface area (Å²) >= 11 is 1.84. The molecule has 0 saturated carbocycles. The molecule has 5 nitrogen and oxygen atoms in total. The van der Waals surface area contributed by atoms with E-state index in [1.165, 1.54) is 6.07 Å². The van der Waals surface area contributed by atoms with Crippen molar-refractivity contribution < 1.29 is 27.5 Å². The number of ether oxygens (including phenoxy) is 1. The number of carbonyl (C=O) groups is 2. The van der Waals surface area contributed by atoms with Gasteiger partial charge in [-0.05, 0) is 67.5 Å². The summed E-state index contributed by atoms with van der Waals surface area (Å²) in [5, 5.41) is 4.41. The molecule has 9 heteroatoms. The summed E-state index contributed by atoms with van der Waals surface area (Å²) in [6.45, 7) is 5.58. The molecule has 2 N–H and O–H groups in total. The van der Waals surface area contributed by atoms with Gasteiger partial charge in [0.05, 0.1) is 5.69 Å². The average Bonchev–Trinajstić information content (AvgIpc) is 2.38. The monoisotopic (exact) mass is 458 g/mol. The molecule has 0 heterocycles. The number of hydrogen-bond acceptors (Lipinski definition) is 3. The molecular weight excluding hydrogens is 440 g/mol. The van der Waals surface area contributed by atoms with Crippen LogP contribution in [-0.2, 0) is 16.0 Å². The van der Waals surface area contributed by atoms with Crippen LogP contribution in [0.3, 0.4) is 0 Å². The van der Waals surface area contributed by atoms with Crippen LogP contribution in [0.15, 0.2) is 18.2 Å². The summed E-state index contributed by atoms with van der Waals surface area (Å²) in [5.74, 6) is -2.01. The average molecular weight is 458 g/mol. The second-order valence-corrected chi connectivity index (χ2v) is 7.11. The molecule has 0 spiro atoms. The van der Waals surface area contributed by atoms with Crippen LogP contribution in [0, 0.1) is 3.57 Å². The van der Waals surface area contributed by atoms with Crippen molar-refractivity contribution in [2.75, 3.05) is 11.9 Å². The summed E-state index contributed by atoms with van der Waals surface area (Å²) < 4.78 is 42.3. The van der Waals surface area contributed by atoms with Gasteiger partial charge in [0.2, 0.25) is 0 Å². The van der Waals surface area contributed by atoms with Gasteiger partial charge in [-0.3, -0.25) is 4.79 Å². The van der Waals surface area contributed by atoms with Crippen molar-refractivity contribution in [2.24, 2.45) is 0 Å². The Bertz CT molecular complexity index is 613. The van der Waals surface area contributed by atoms with Crippen molar-refractivity contribution in [3.63, 3.8) is 0 Å². The maximum Gasteiger partial charge on any atom is 0.471 e. The molecule has 1 rings (SSSR count). The van der Waals surface area contributed by atoms with Crippen LogP contribution in [-0.4, -0.2) is 30.3 Å². The van der Waals surface area contributed by atoms with E-state index >= 15 is 0 Å². The van der Waals surface area contributed by atoms with Gasteiger partial charge in [-0.1, -0.05) is 6.07 Å². The second-order valence-electron chi connectivity index (χ2n) is 5.94. The number of amides is 2. The molecule has 0 aliphatic carbocycles. The predicted octanol–water partition coefficient (Wildman–Crippen LogP) is 3.86. The minimum absolute atomic E-state index is 0.0850. The van der Waals surface area contributed by atoms with Crippen LogP contribution in [0.5, 0.6) is 0 Å². The molecule has 1 aromatic carbocycles. The Morgan fingerprint density at radius 3 is 2.33 bits per heavy atom. The first-order valence-electron chi connectivity index (χ1n) is 7.02. The molecule has 134 valence electrons. The standard InChI is InChI=1S/C15H18F3IN2O3/c1-14(2,3)24-13(23)20-7-6-9-4-5-11(10(19)8-9)21-12(22)15(16,17)18/h4-5,8H,6-7H2,1-3H3,(H,20,23)(H,21,22). The Morgan fingerprint density at radius 2 is 1.83 bits per heavy atom. The van der Waals surface area contributed by atoms with Gasteiger partial charge >= 0.3 is 18.2 Å². The first-order valence-corrected chi connectivity index (χ1v) is 8.10. The zero-order valence-corrected chi connectivity index (χ0v) is 15.5. The first kappa shape index (κ1) is 20.5. The van der Waals surface area contributed by atoms with E-state index in [1.54, 1.807) is 32.9 Å². The minimum Gasteiger partial charge on any atom is -0.444 e. The normalized spacial score (nSPS) is 11.8. The summed E-state index contributed by atoms with van der Waals surface area (Å²) in [7, 11) is 0. The first-order chi connectivity index (χ1) is 10.9. The fraction of sp³-hybridized carbons (Fsp3) is 0.467. The van der Waals surface area contributed by atoms with Gasteiger partial charge in [-0.2, -0.15) is 13.2 Å². The zero-order chi connectivity index (χ0) is 18.5. The summed E-state index contributed by atoms with van der Waals surface area (Å²) in [5.41, 5.74) is 0.305. The third-order valence-electron chi connectivity index (χ3n) is 2.62. The molecule has 1 aromatic rings. The maximum absolute atomic E-state index is 12.2. The van der Waals surface area contributed by atoms with E-state index in [0.29, 0.717) is 16.5 Å². The molecule has 0 aromatic heterocycles. The lowest BCUT2D eigenvalue weighted by atomic mass is 10.1. The number of nitrogens with one attached hydrogen (secondary N) is 2. The van der Waals surface area contributed by atoms with E-state index in [-0.39, 0.29) is 5.69 Å². The third kappa shape index (κ3) is 7.37. The van der Waals surface area contributed by atoms with E-state index < -0.39 is 23.8 Å². The van der Waals surface area contributed by atoms with Crippen molar-refractivity contribution in [1.29, 1.82) is 0 Å². The Morgan fingerprint density at radius 1 is 1.21 bits per heavy atom. The predicted molar refractivity (Wildman–Crippen MR) is 91.8 cm³/mol. The lowest BCUT2D eigenvalue weighted by Crippen LogP contribution is -2.33. The van der Waals surface area contributed by atoms with Gasteiger partial charge in [-0.15, -0.1) is 0 Å². The van der Waals surface area contributed by atoms with Gasteiger partial charge < -0.3 is 15.4 Å². The van der Waals surface area contributed by atoms with Gasteiger partial charge in [0.1, 0.15) is 5.60 Å². The summed E-state index contributed by atoms with van der Waals surface area (Å²) in [4.78, 5) is 22.4. The van der Waals surface area contributed by atoms with Crippen molar-refractivity contribution in [2.45, 2.75) is 39.0 Å². The highest BCUT2D eigenvalue weighted by Gasteiger charge is 2.38. The van der Waals surface area contributed by atoms with Gasteiger partial charge in [0.25, 0.3) is 0 Å². The van der Waals surface area contributed by atoms with Crippen molar-refractivity contribution in [3.05, 3.63) is 27.3 Å². The van der Waals surface area contributed by atoms with Crippen LogP contribution in [0.2, 0.25) is 0 Å². The highest BCUT2D eigenvalue weighted by atomic mass is 127. The molecule has 24 heavy (non-hydrogen) atoms. The molecule has 0 saturated heterocycles. The Labute approximate surface area is 151 Å². The zero-order valence-electron chi connectivity index (χ0n) is 13.4. The topological polar surface area (TPSA) is 67.4 Å². The Balaban J connectivity index is 2.56. The van der Waals surface area contributed by atoms with Gasteiger partial charge in [0.15, 0.2) is 0 Å². The number of halogens is 4. The number of carbonyl (C=O) groups excluding carboxylic acids is 2. The number of rotatable bonds is 4. The number of benzene rings is 1. The molecule has 0 atom stereocenters. The molecule has 0 aliphatic rings. The highest BCUT2D eigenvalue weighted by molar-refractivity contribution is 14.1. The van der Waals surface area contributed by atoms with E-state index in [2.05, 4.69) is 5.32 Å². The number of alkyl halides is 3. The lowest BCUT2D eigenvalue weighted by molar-refractivity contribution is -0.167. The van der Waals surface area contributed by atoms with E-state index in [9.17, 15) is 22.8 Å². The van der Waals surface area contributed by atoms with E-state index in [4.69, 9.17) is 4.74 Å². The Hall–Kier alpha value is -1.52. The fourth-order valence-corrected chi connectivity index (χ4v) is 2.35. The largest absolute Gasteiger partial charge is 0.471 e. The van der Waals surface area contributed by atoms with Crippen LogP contribution in [0.1, 0.15) is 26.3 Å². The van der Waals surface area contributed by atoms with Crippen LogP contribution in [0.4, 0.5) is 23.7 Å². The maximum atomic E-state index is 12.2. The van der Waals surface area contributed by atoms with Crippen LogP contribution in [0.25, 0.3) is 0 Å². The quantitative estimate of drug-likeness (QED) is 0.674. The molecule has 0 aliphatic heterocycles. The molecule has 0 radical (unpaired) electrons. The van der Waals surface area contributed by atoms with Crippen molar-refractivity contribution in [1.82, 2.24) is 5.32 Å². The van der Waals surface area contributed by atoms with Crippen molar-refractivity contribution in [3.8, 4) is 0 Å². The smallest absolute Gasteiger partial charge is 0.444 e. The van der Waals surface area contributed by atoms with Gasteiger partial charge in [-0.25, -0.2) is 4.79 Å². The van der Waals surface area contributed by atoms with Crippen LogP contribution < -0.4 is 10.6 Å². The molecule has 0 fully saturated rings. The fourth-order valence-electron chi connectivity index (χ4n) is 1.63. The SMILES string of the molecule is CC(C)(C)OC(=O)NCCc1ccc(NC(=O)C(F)(F)F)c(I)c1. The van der Waals surface area contributed by atoms with Crippen LogP contribution >= 0.6 is 22.6 Å². The summed E-state index contributed by atoms with van der Waals surface area (Å²) in [6.07, 6.45) is -4.99. The number of hydrogen-bond donors (Lipinski definition) is 2. The number of anilines is 1. The summed E-state index contributed by atoms with van der Waals surface area (Å²) in [6, 6.07) is 4.63. The molecule has 0 unspecified atom stereocenters. The number of alkyl carbamates (subject to hydrolysis) is 1. The van der Waals surface area contributed by atoms with Crippen molar-refractivity contribution >= 4 is 40.3 Å². The third-order valence-corrected chi connectivity index (χ3v) is 3.51. The molecule has 2 amide bonds.